The van der Waals surface area contributed by atoms with Crippen molar-refractivity contribution in [3.8, 4) is 0 Å². The standard InChI is InChI=1S/C23H22N4O4S/c1-17-5-11-21(12-6-17)32(29,30)26(2)19-9-7-18(8-10-19)23(28)25-22-13-14-24-27(22)16-20-4-3-15-31-20/h3-15H,16H2,1-2H3,(H,25,28). The van der Waals surface area contributed by atoms with E-state index in [2.05, 4.69) is 10.4 Å². The van der Waals surface area contributed by atoms with Crippen molar-refractivity contribution < 1.29 is 17.6 Å². The van der Waals surface area contributed by atoms with Crippen molar-refractivity contribution in [1.82, 2.24) is 9.78 Å². The van der Waals surface area contributed by atoms with Crippen molar-refractivity contribution in [2.24, 2.45) is 0 Å². The summed E-state index contributed by atoms with van der Waals surface area (Å²) in [6, 6.07) is 18.3. The Balaban J connectivity index is 1.47. The van der Waals surface area contributed by atoms with E-state index in [-0.39, 0.29) is 10.8 Å². The number of carbonyl (C=O) groups is 1. The fourth-order valence-corrected chi connectivity index (χ4v) is 4.33. The van der Waals surface area contributed by atoms with Crippen molar-refractivity contribution in [3.05, 3.63) is 96.1 Å². The van der Waals surface area contributed by atoms with Crippen LogP contribution in [0.2, 0.25) is 0 Å². The van der Waals surface area contributed by atoms with Gasteiger partial charge in [0.2, 0.25) is 0 Å². The molecule has 0 aliphatic rings. The molecule has 2 heterocycles. The first kappa shape index (κ1) is 21.4. The quantitative estimate of drug-likeness (QED) is 0.460. The summed E-state index contributed by atoms with van der Waals surface area (Å²) >= 11 is 0. The highest BCUT2D eigenvalue weighted by Gasteiger charge is 2.21. The van der Waals surface area contributed by atoms with E-state index < -0.39 is 10.0 Å². The van der Waals surface area contributed by atoms with E-state index in [1.807, 2.05) is 13.0 Å². The van der Waals surface area contributed by atoms with Crippen LogP contribution in [0, 0.1) is 6.92 Å². The molecule has 1 N–H and O–H groups in total. The minimum absolute atomic E-state index is 0.206. The Morgan fingerprint density at radius 3 is 2.44 bits per heavy atom. The highest BCUT2D eigenvalue weighted by molar-refractivity contribution is 7.92. The molecular formula is C23H22N4O4S. The molecule has 0 aliphatic carbocycles. The third-order valence-corrected chi connectivity index (χ3v) is 6.82. The molecule has 0 aliphatic heterocycles. The summed E-state index contributed by atoms with van der Waals surface area (Å²) in [5.74, 6) is 0.905. The fourth-order valence-electron chi connectivity index (χ4n) is 3.13. The number of amides is 1. The number of hydrogen-bond acceptors (Lipinski definition) is 5. The minimum Gasteiger partial charge on any atom is -0.467 e. The Bertz CT molecular complexity index is 1310. The van der Waals surface area contributed by atoms with Gasteiger partial charge in [-0.3, -0.25) is 9.10 Å². The van der Waals surface area contributed by atoms with Gasteiger partial charge in [0.1, 0.15) is 18.1 Å². The van der Waals surface area contributed by atoms with E-state index in [9.17, 15) is 13.2 Å². The van der Waals surface area contributed by atoms with Gasteiger partial charge in [-0.2, -0.15) is 5.10 Å². The van der Waals surface area contributed by atoms with Gasteiger partial charge in [0.15, 0.2) is 0 Å². The molecule has 0 saturated carbocycles. The van der Waals surface area contributed by atoms with Crippen molar-refractivity contribution in [2.45, 2.75) is 18.4 Å². The molecule has 4 aromatic rings. The molecule has 0 saturated heterocycles. The number of anilines is 2. The zero-order chi connectivity index (χ0) is 22.7. The number of rotatable bonds is 7. The summed E-state index contributed by atoms with van der Waals surface area (Å²) < 4.78 is 33.9. The molecule has 164 valence electrons. The predicted octanol–water partition coefficient (Wildman–Crippen LogP) is 3.91. The van der Waals surface area contributed by atoms with Crippen LogP contribution in [-0.2, 0) is 16.6 Å². The van der Waals surface area contributed by atoms with Crippen molar-refractivity contribution in [3.63, 3.8) is 0 Å². The Morgan fingerprint density at radius 2 is 1.78 bits per heavy atom. The fraction of sp³-hybridized carbons (Fsp3) is 0.130. The van der Waals surface area contributed by atoms with Crippen LogP contribution in [0.5, 0.6) is 0 Å². The topological polar surface area (TPSA) is 97.4 Å². The second-order valence-electron chi connectivity index (χ2n) is 7.24. The molecule has 0 atom stereocenters. The minimum atomic E-state index is -3.70. The lowest BCUT2D eigenvalue weighted by molar-refractivity contribution is 0.102. The third-order valence-electron chi connectivity index (χ3n) is 5.02. The Labute approximate surface area is 186 Å². The number of furan rings is 1. The lowest BCUT2D eigenvalue weighted by Gasteiger charge is -2.20. The van der Waals surface area contributed by atoms with Crippen LogP contribution >= 0.6 is 0 Å². The van der Waals surface area contributed by atoms with Crippen LogP contribution in [0.4, 0.5) is 11.5 Å². The molecule has 0 unspecified atom stereocenters. The van der Waals surface area contributed by atoms with Gasteiger partial charge in [-0.05, 0) is 55.5 Å². The highest BCUT2D eigenvalue weighted by Crippen LogP contribution is 2.23. The number of aryl methyl sites for hydroxylation is 1. The van der Waals surface area contributed by atoms with E-state index in [0.29, 0.717) is 29.4 Å². The van der Waals surface area contributed by atoms with Crippen LogP contribution in [0.1, 0.15) is 21.7 Å². The second-order valence-corrected chi connectivity index (χ2v) is 9.21. The van der Waals surface area contributed by atoms with Crippen molar-refractivity contribution >= 4 is 27.4 Å². The summed E-state index contributed by atoms with van der Waals surface area (Å²) in [7, 11) is -2.22. The monoisotopic (exact) mass is 450 g/mol. The maximum absolute atomic E-state index is 12.9. The first-order valence-corrected chi connectivity index (χ1v) is 11.3. The van der Waals surface area contributed by atoms with Crippen LogP contribution in [-0.4, -0.2) is 31.2 Å². The molecule has 1 amide bonds. The summed E-state index contributed by atoms with van der Waals surface area (Å²) in [6.45, 7) is 2.28. The zero-order valence-electron chi connectivity index (χ0n) is 17.6. The second kappa shape index (κ2) is 8.72. The largest absolute Gasteiger partial charge is 0.467 e. The molecule has 32 heavy (non-hydrogen) atoms. The van der Waals surface area contributed by atoms with Crippen LogP contribution < -0.4 is 9.62 Å². The molecule has 2 aromatic heterocycles. The molecule has 0 bridgehead atoms. The summed E-state index contributed by atoms with van der Waals surface area (Å²) in [5, 5.41) is 7.02. The zero-order valence-corrected chi connectivity index (χ0v) is 18.4. The summed E-state index contributed by atoms with van der Waals surface area (Å²) in [6.07, 6.45) is 3.17. The van der Waals surface area contributed by atoms with Gasteiger partial charge in [-0.1, -0.05) is 17.7 Å². The predicted molar refractivity (Wildman–Crippen MR) is 121 cm³/mol. The Morgan fingerprint density at radius 1 is 1.06 bits per heavy atom. The van der Waals surface area contributed by atoms with E-state index in [0.717, 1.165) is 5.56 Å². The number of aromatic nitrogens is 2. The number of carbonyl (C=O) groups excluding carboxylic acids is 1. The van der Waals surface area contributed by atoms with E-state index in [4.69, 9.17) is 4.42 Å². The van der Waals surface area contributed by atoms with Crippen LogP contribution in [0.25, 0.3) is 0 Å². The molecule has 0 radical (unpaired) electrons. The van der Waals surface area contributed by atoms with Crippen molar-refractivity contribution in [2.75, 3.05) is 16.7 Å². The average Bonchev–Trinajstić information content (AvgIpc) is 3.46. The first-order chi connectivity index (χ1) is 15.3. The van der Waals surface area contributed by atoms with Gasteiger partial charge in [-0.15, -0.1) is 0 Å². The number of benzene rings is 2. The van der Waals surface area contributed by atoms with Crippen LogP contribution in [0.15, 0.2) is 88.5 Å². The molecule has 0 fully saturated rings. The lowest BCUT2D eigenvalue weighted by atomic mass is 10.2. The maximum Gasteiger partial charge on any atom is 0.264 e. The van der Waals surface area contributed by atoms with Gasteiger partial charge < -0.3 is 9.73 Å². The molecular weight excluding hydrogens is 428 g/mol. The molecule has 8 nitrogen and oxygen atoms in total. The molecule has 2 aromatic carbocycles. The summed E-state index contributed by atoms with van der Waals surface area (Å²) in [4.78, 5) is 12.9. The van der Waals surface area contributed by atoms with Gasteiger partial charge in [0.05, 0.1) is 23.0 Å². The van der Waals surface area contributed by atoms with Gasteiger partial charge in [-0.25, -0.2) is 13.1 Å². The van der Waals surface area contributed by atoms with Gasteiger partial charge in [0, 0.05) is 18.7 Å². The number of sulfonamides is 1. The number of hydrogen-bond donors (Lipinski definition) is 1. The highest BCUT2D eigenvalue weighted by atomic mass is 32.2. The first-order valence-electron chi connectivity index (χ1n) is 9.86. The number of nitrogens with one attached hydrogen (secondary N) is 1. The SMILES string of the molecule is Cc1ccc(S(=O)(=O)N(C)c2ccc(C(=O)Nc3ccnn3Cc3ccco3)cc2)cc1. The Kier molecular flexibility index (Phi) is 5.83. The molecule has 9 heteroatoms. The molecule has 0 spiro atoms. The average molecular weight is 451 g/mol. The smallest absolute Gasteiger partial charge is 0.264 e. The molecule has 4 rings (SSSR count). The van der Waals surface area contributed by atoms with Crippen molar-refractivity contribution in [1.29, 1.82) is 0 Å². The van der Waals surface area contributed by atoms with Crippen LogP contribution in [0.3, 0.4) is 0 Å². The van der Waals surface area contributed by atoms with Gasteiger partial charge in [0.25, 0.3) is 15.9 Å². The van der Waals surface area contributed by atoms with E-state index in [1.54, 1.807) is 77.8 Å². The summed E-state index contributed by atoms with van der Waals surface area (Å²) in [5.41, 5.74) is 1.82. The van der Waals surface area contributed by atoms with E-state index in [1.165, 1.54) is 11.4 Å². The normalized spacial score (nSPS) is 11.3. The van der Waals surface area contributed by atoms with Gasteiger partial charge >= 0.3 is 0 Å². The lowest BCUT2D eigenvalue weighted by Crippen LogP contribution is -2.26. The third kappa shape index (κ3) is 4.42. The van der Waals surface area contributed by atoms with E-state index >= 15 is 0 Å². The number of nitrogens with zero attached hydrogens (tertiary/aromatic N) is 3. The Hall–Kier alpha value is -3.85. The maximum atomic E-state index is 12.9.